The fourth-order valence-electron chi connectivity index (χ4n) is 1.42. The summed E-state index contributed by atoms with van der Waals surface area (Å²) in [5.41, 5.74) is 5.22. The molecule has 1 aromatic rings. The molecule has 106 valence electrons. The molecule has 19 heavy (non-hydrogen) atoms. The van der Waals surface area contributed by atoms with Gasteiger partial charge in [-0.2, -0.15) is 0 Å². The van der Waals surface area contributed by atoms with Gasteiger partial charge in [-0.3, -0.25) is 10.1 Å². The predicted octanol–water partition coefficient (Wildman–Crippen LogP) is 0.888. The Balaban J connectivity index is 2.82. The van der Waals surface area contributed by atoms with E-state index in [0.717, 1.165) is 6.07 Å². The van der Waals surface area contributed by atoms with E-state index in [0.29, 0.717) is 13.0 Å². The van der Waals surface area contributed by atoms with Gasteiger partial charge in [0.15, 0.2) is 0 Å². The van der Waals surface area contributed by atoms with E-state index in [1.54, 1.807) is 0 Å². The molecule has 0 aliphatic heterocycles. The zero-order valence-electron chi connectivity index (χ0n) is 10.4. The number of hydrogen-bond donors (Lipinski definition) is 3. The van der Waals surface area contributed by atoms with E-state index < -0.39 is 21.7 Å². The number of hydrogen-bond acceptors (Lipinski definition) is 4. The van der Waals surface area contributed by atoms with Crippen LogP contribution >= 0.6 is 0 Å². The van der Waals surface area contributed by atoms with E-state index in [1.165, 1.54) is 19.2 Å². The van der Waals surface area contributed by atoms with Crippen molar-refractivity contribution in [2.75, 3.05) is 24.2 Å². The van der Waals surface area contributed by atoms with Gasteiger partial charge in [0.2, 0.25) is 10.0 Å². The normalized spacial score (nSPS) is 11.3. The largest absolute Gasteiger partial charge is 0.385 e. The Bertz CT molecular complexity index is 560. The van der Waals surface area contributed by atoms with Crippen LogP contribution in [-0.4, -0.2) is 33.7 Å². The lowest BCUT2D eigenvalue weighted by Gasteiger charge is -2.09. The Kier molecular flexibility index (Phi) is 5.25. The number of halogens is 1. The van der Waals surface area contributed by atoms with Crippen LogP contribution in [0.5, 0.6) is 0 Å². The molecule has 0 aliphatic rings. The van der Waals surface area contributed by atoms with Crippen molar-refractivity contribution in [3.8, 4) is 0 Å². The van der Waals surface area contributed by atoms with E-state index in [9.17, 15) is 12.8 Å². The molecule has 0 unspecified atom stereocenters. The van der Waals surface area contributed by atoms with Crippen molar-refractivity contribution in [1.29, 1.82) is 5.41 Å². The van der Waals surface area contributed by atoms with Crippen LogP contribution < -0.4 is 10.5 Å². The summed E-state index contributed by atoms with van der Waals surface area (Å²) in [5.74, 6) is -1.24. The second-order valence-corrected chi connectivity index (χ2v) is 5.72. The number of ether oxygens (including phenoxy) is 1. The molecule has 6 nitrogen and oxygen atoms in total. The molecule has 1 rings (SSSR count). The van der Waals surface area contributed by atoms with Crippen molar-refractivity contribution in [2.45, 2.75) is 6.42 Å². The van der Waals surface area contributed by atoms with E-state index in [4.69, 9.17) is 15.9 Å². The molecule has 1 aromatic carbocycles. The number of rotatable bonds is 7. The molecule has 0 aliphatic carbocycles. The molecule has 0 amide bonds. The third kappa shape index (κ3) is 4.84. The van der Waals surface area contributed by atoms with Gasteiger partial charge in [-0.05, 0) is 24.6 Å². The lowest BCUT2D eigenvalue weighted by Crippen LogP contribution is -2.19. The molecular weight excluding hydrogens is 273 g/mol. The number of nitrogen functional groups attached to an aromatic ring is 1. The third-order valence-electron chi connectivity index (χ3n) is 2.29. The van der Waals surface area contributed by atoms with Gasteiger partial charge < -0.3 is 10.5 Å². The van der Waals surface area contributed by atoms with Crippen molar-refractivity contribution in [3.63, 3.8) is 0 Å². The summed E-state index contributed by atoms with van der Waals surface area (Å²) in [4.78, 5) is 0. The minimum Gasteiger partial charge on any atom is -0.385 e. The summed E-state index contributed by atoms with van der Waals surface area (Å²) in [5, 5.41) is 7.18. The first kappa shape index (κ1) is 15.4. The van der Waals surface area contributed by atoms with Gasteiger partial charge >= 0.3 is 0 Å². The van der Waals surface area contributed by atoms with Crippen LogP contribution in [0.1, 0.15) is 12.0 Å². The fourth-order valence-corrected chi connectivity index (χ4v) is 2.51. The third-order valence-corrected chi connectivity index (χ3v) is 3.66. The molecule has 0 aromatic heterocycles. The molecule has 8 heteroatoms. The van der Waals surface area contributed by atoms with Crippen LogP contribution in [0.4, 0.5) is 10.1 Å². The smallest absolute Gasteiger partial charge is 0.232 e. The number of nitrogens with two attached hydrogens (primary N) is 1. The average molecular weight is 289 g/mol. The van der Waals surface area contributed by atoms with Gasteiger partial charge in [-0.25, -0.2) is 12.8 Å². The Morgan fingerprint density at radius 2 is 2.21 bits per heavy atom. The molecule has 0 heterocycles. The molecular formula is C11H16FN3O3S. The molecule has 0 saturated heterocycles. The summed E-state index contributed by atoms with van der Waals surface area (Å²) >= 11 is 0. The average Bonchev–Trinajstić information content (AvgIpc) is 2.31. The summed E-state index contributed by atoms with van der Waals surface area (Å²) in [6, 6.07) is 3.52. The van der Waals surface area contributed by atoms with Gasteiger partial charge in [0, 0.05) is 19.4 Å². The standard InChI is InChI=1S/C11H16FN3O3S/c1-18-5-2-6-19(16,17)15-8-3-4-10(12)9(7-8)11(13)14/h3-4,7,15H,2,5-6H2,1H3,(H3,13,14). The minimum absolute atomic E-state index is 0.104. The summed E-state index contributed by atoms with van der Waals surface area (Å²) in [6.45, 7) is 0.336. The zero-order valence-corrected chi connectivity index (χ0v) is 11.3. The highest BCUT2D eigenvalue weighted by Crippen LogP contribution is 2.16. The molecule has 4 N–H and O–H groups in total. The van der Waals surface area contributed by atoms with Gasteiger partial charge in [0.25, 0.3) is 0 Å². The zero-order chi connectivity index (χ0) is 14.5. The van der Waals surface area contributed by atoms with Crippen LogP contribution in [0.25, 0.3) is 0 Å². The summed E-state index contributed by atoms with van der Waals surface area (Å²) < 4.78 is 43.7. The van der Waals surface area contributed by atoms with Crippen LogP contribution in [-0.2, 0) is 14.8 Å². The molecule has 0 radical (unpaired) electrons. The first-order chi connectivity index (χ1) is 8.85. The fraction of sp³-hybridized carbons (Fsp3) is 0.364. The van der Waals surface area contributed by atoms with Crippen molar-refractivity contribution >= 4 is 21.5 Å². The lowest BCUT2D eigenvalue weighted by atomic mass is 10.2. The van der Waals surface area contributed by atoms with Crippen molar-refractivity contribution in [2.24, 2.45) is 5.73 Å². The van der Waals surface area contributed by atoms with Gasteiger partial charge in [-0.1, -0.05) is 0 Å². The van der Waals surface area contributed by atoms with Crippen LogP contribution in [0.15, 0.2) is 18.2 Å². The number of nitrogens with one attached hydrogen (secondary N) is 2. The van der Waals surface area contributed by atoms with Crippen LogP contribution in [0, 0.1) is 11.2 Å². The predicted molar refractivity (Wildman–Crippen MR) is 71.3 cm³/mol. The molecule has 0 bridgehead atoms. The Morgan fingerprint density at radius 1 is 1.53 bits per heavy atom. The number of benzene rings is 1. The summed E-state index contributed by atoms with van der Waals surface area (Å²) in [7, 11) is -2.04. The quantitative estimate of drug-likeness (QED) is 0.394. The molecule has 0 atom stereocenters. The first-order valence-electron chi connectivity index (χ1n) is 5.49. The number of sulfonamides is 1. The minimum atomic E-state index is -3.53. The molecule has 0 saturated carbocycles. The van der Waals surface area contributed by atoms with Gasteiger partial charge in [-0.15, -0.1) is 0 Å². The van der Waals surface area contributed by atoms with E-state index in [2.05, 4.69) is 4.72 Å². The van der Waals surface area contributed by atoms with E-state index >= 15 is 0 Å². The second kappa shape index (κ2) is 6.48. The first-order valence-corrected chi connectivity index (χ1v) is 7.14. The summed E-state index contributed by atoms with van der Waals surface area (Å²) in [6.07, 6.45) is 0.354. The van der Waals surface area contributed by atoms with Crippen molar-refractivity contribution in [3.05, 3.63) is 29.6 Å². The highest BCUT2D eigenvalue weighted by molar-refractivity contribution is 7.92. The number of methoxy groups -OCH3 is 1. The Labute approximate surface area is 111 Å². The highest BCUT2D eigenvalue weighted by Gasteiger charge is 2.12. The number of anilines is 1. The second-order valence-electron chi connectivity index (χ2n) is 3.88. The maximum absolute atomic E-state index is 13.3. The van der Waals surface area contributed by atoms with Gasteiger partial charge in [0.05, 0.1) is 11.3 Å². The van der Waals surface area contributed by atoms with Crippen molar-refractivity contribution < 1.29 is 17.5 Å². The van der Waals surface area contributed by atoms with E-state index in [1.807, 2.05) is 0 Å². The van der Waals surface area contributed by atoms with Crippen LogP contribution in [0.2, 0.25) is 0 Å². The SMILES string of the molecule is COCCCS(=O)(=O)Nc1ccc(F)c(C(=N)N)c1. The maximum Gasteiger partial charge on any atom is 0.232 e. The Hall–Kier alpha value is -1.67. The number of amidine groups is 1. The van der Waals surface area contributed by atoms with Crippen molar-refractivity contribution in [1.82, 2.24) is 0 Å². The highest BCUT2D eigenvalue weighted by atomic mass is 32.2. The Morgan fingerprint density at radius 3 is 2.79 bits per heavy atom. The van der Waals surface area contributed by atoms with E-state index in [-0.39, 0.29) is 17.0 Å². The molecule has 0 spiro atoms. The monoisotopic (exact) mass is 289 g/mol. The topological polar surface area (TPSA) is 105 Å². The molecule has 0 fully saturated rings. The van der Waals surface area contributed by atoms with Crippen LogP contribution in [0.3, 0.4) is 0 Å². The maximum atomic E-state index is 13.3. The lowest BCUT2D eigenvalue weighted by molar-refractivity contribution is 0.199. The van der Waals surface area contributed by atoms with Gasteiger partial charge in [0.1, 0.15) is 11.7 Å².